The highest BCUT2D eigenvalue weighted by Gasteiger charge is 2.41. The van der Waals surface area contributed by atoms with Crippen LogP contribution in [0.1, 0.15) is 5.69 Å². The third-order valence-corrected chi connectivity index (χ3v) is 4.93. The average molecular weight is 330 g/mol. The summed E-state index contributed by atoms with van der Waals surface area (Å²) in [4.78, 5) is 2.26. The molecule has 0 unspecified atom stereocenters. The van der Waals surface area contributed by atoms with Crippen molar-refractivity contribution in [2.75, 3.05) is 26.2 Å². The molecule has 1 aliphatic rings. The molecular formula is C10H11ClF3N3O2S. The van der Waals surface area contributed by atoms with E-state index in [0.717, 1.165) is 16.4 Å². The molecule has 0 bridgehead atoms. The van der Waals surface area contributed by atoms with E-state index in [2.05, 4.69) is 10.3 Å². The number of halogens is 4. The number of hydrogen-bond donors (Lipinski definition) is 1. The fourth-order valence-corrected chi connectivity index (χ4v) is 3.59. The average Bonchev–Trinajstić information content (AvgIpc) is 2.38. The van der Waals surface area contributed by atoms with Crippen LogP contribution in [0.2, 0.25) is 5.15 Å². The Hall–Kier alpha value is -0.900. The second kappa shape index (κ2) is 5.47. The predicted octanol–water partition coefficient (Wildman–Crippen LogP) is 1.35. The summed E-state index contributed by atoms with van der Waals surface area (Å²) in [6.07, 6.45) is -4.89. The lowest BCUT2D eigenvalue weighted by molar-refractivity contribution is -0.143. The first-order valence-electron chi connectivity index (χ1n) is 5.67. The van der Waals surface area contributed by atoms with Gasteiger partial charge in [0, 0.05) is 26.2 Å². The van der Waals surface area contributed by atoms with Crippen LogP contribution in [0.25, 0.3) is 0 Å². The van der Waals surface area contributed by atoms with Crippen LogP contribution in [0.3, 0.4) is 0 Å². The molecule has 1 aromatic heterocycles. The molecule has 1 fully saturated rings. The number of hydrogen-bond acceptors (Lipinski definition) is 4. The van der Waals surface area contributed by atoms with Crippen LogP contribution in [0.15, 0.2) is 17.0 Å². The molecular weight excluding hydrogens is 319 g/mol. The Morgan fingerprint density at radius 2 is 1.85 bits per heavy atom. The summed E-state index contributed by atoms with van der Waals surface area (Å²) < 4.78 is 64.3. The van der Waals surface area contributed by atoms with E-state index in [0.29, 0.717) is 13.1 Å². The molecule has 1 aromatic rings. The van der Waals surface area contributed by atoms with Crippen LogP contribution in [0.5, 0.6) is 0 Å². The van der Waals surface area contributed by atoms with Crippen molar-refractivity contribution in [2.45, 2.75) is 11.1 Å². The third kappa shape index (κ3) is 3.05. The molecule has 20 heavy (non-hydrogen) atoms. The minimum Gasteiger partial charge on any atom is -0.314 e. The van der Waals surface area contributed by atoms with E-state index in [4.69, 9.17) is 11.6 Å². The largest absolute Gasteiger partial charge is 0.434 e. The Morgan fingerprint density at radius 3 is 2.40 bits per heavy atom. The van der Waals surface area contributed by atoms with Crippen LogP contribution in [0, 0.1) is 0 Å². The minimum absolute atomic E-state index is 0.113. The lowest BCUT2D eigenvalue weighted by Crippen LogP contribution is -2.46. The van der Waals surface area contributed by atoms with Gasteiger partial charge < -0.3 is 5.32 Å². The Kier molecular flexibility index (Phi) is 4.24. The van der Waals surface area contributed by atoms with Crippen molar-refractivity contribution < 1.29 is 21.6 Å². The standard InChI is InChI=1S/C10H11ClF3N3O2S/c11-8-2-1-7(9(16-8)10(12,13)14)20(18,19)17-5-3-15-4-6-17/h1-2,15H,3-6H2. The number of rotatable bonds is 2. The molecule has 0 aromatic carbocycles. The van der Waals surface area contributed by atoms with Gasteiger partial charge in [0.15, 0.2) is 5.69 Å². The first-order valence-corrected chi connectivity index (χ1v) is 7.49. The van der Waals surface area contributed by atoms with Crippen LogP contribution in [0.4, 0.5) is 13.2 Å². The molecule has 0 radical (unpaired) electrons. The van der Waals surface area contributed by atoms with Gasteiger partial charge >= 0.3 is 6.18 Å². The van der Waals surface area contributed by atoms with Crippen molar-refractivity contribution in [2.24, 2.45) is 0 Å². The van der Waals surface area contributed by atoms with Gasteiger partial charge in [-0.2, -0.15) is 17.5 Å². The fourth-order valence-electron chi connectivity index (χ4n) is 1.86. The quantitative estimate of drug-likeness (QED) is 0.832. The Morgan fingerprint density at radius 1 is 1.25 bits per heavy atom. The highest BCUT2D eigenvalue weighted by atomic mass is 35.5. The number of nitrogens with one attached hydrogen (secondary N) is 1. The minimum atomic E-state index is -4.89. The van der Waals surface area contributed by atoms with Crippen molar-refractivity contribution in [3.8, 4) is 0 Å². The van der Waals surface area contributed by atoms with E-state index >= 15 is 0 Å². The topological polar surface area (TPSA) is 62.3 Å². The molecule has 1 aliphatic heterocycles. The molecule has 10 heteroatoms. The van der Waals surface area contributed by atoms with Crippen LogP contribution in [-0.2, 0) is 16.2 Å². The summed E-state index contributed by atoms with van der Waals surface area (Å²) in [7, 11) is -4.24. The molecule has 0 amide bonds. The predicted molar refractivity (Wildman–Crippen MR) is 65.9 cm³/mol. The number of piperazine rings is 1. The van der Waals surface area contributed by atoms with Gasteiger partial charge in [-0.3, -0.25) is 0 Å². The van der Waals surface area contributed by atoms with Crippen molar-refractivity contribution in [3.63, 3.8) is 0 Å². The Bertz CT molecular complexity index is 600. The van der Waals surface area contributed by atoms with Crippen LogP contribution < -0.4 is 5.32 Å². The van der Waals surface area contributed by atoms with Gasteiger partial charge in [0.1, 0.15) is 10.0 Å². The zero-order valence-corrected chi connectivity index (χ0v) is 11.7. The van der Waals surface area contributed by atoms with Crippen LogP contribution >= 0.6 is 11.6 Å². The van der Waals surface area contributed by atoms with Crippen LogP contribution in [-0.4, -0.2) is 43.9 Å². The maximum absolute atomic E-state index is 12.9. The zero-order chi connectivity index (χ0) is 15.0. The third-order valence-electron chi connectivity index (χ3n) is 2.79. The summed E-state index contributed by atoms with van der Waals surface area (Å²) in [5.41, 5.74) is -1.48. The van der Waals surface area contributed by atoms with Crippen molar-refractivity contribution in [1.29, 1.82) is 0 Å². The summed E-state index contributed by atoms with van der Waals surface area (Å²) in [5.74, 6) is 0. The lowest BCUT2D eigenvalue weighted by atomic mass is 10.3. The smallest absolute Gasteiger partial charge is 0.314 e. The number of pyridine rings is 1. The van der Waals surface area contributed by atoms with E-state index in [-0.39, 0.29) is 13.1 Å². The van der Waals surface area contributed by atoms with Gasteiger partial charge in [-0.1, -0.05) is 11.6 Å². The normalized spacial score (nSPS) is 18.2. The van der Waals surface area contributed by atoms with Crippen molar-refractivity contribution in [1.82, 2.24) is 14.6 Å². The highest BCUT2D eigenvalue weighted by molar-refractivity contribution is 7.89. The zero-order valence-electron chi connectivity index (χ0n) is 10.1. The highest BCUT2D eigenvalue weighted by Crippen LogP contribution is 2.34. The van der Waals surface area contributed by atoms with Gasteiger partial charge in [0.2, 0.25) is 10.0 Å². The number of sulfonamides is 1. The summed E-state index contributed by atoms with van der Waals surface area (Å²) in [6, 6.07) is 1.88. The summed E-state index contributed by atoms with van der Waals surface area (Å²) in [6.45, 7) is 1.01. The molecule has 0 aliphatic carbocycles. The van der Waals surface area contributed by atoms with Gasteiger partial charge in [-0.05, 0) is 12.1 Å². The summed E-state index contributed by atoms with van der Waals surface area (Å²) >= 11 is 5.43. The van der Waals surface area contributed by atoms with Gasteiger partial charge in [-0.25, -0.2) is 13.4 Å². The molecule has 5 nitrogen and oxygen atoms in total. The Labute approximate surface area is 118 Å². The van der Waals surface area contributed by atoms with E-state index in [9.17, 15) is 21.6 Å². The van der Waals surface area contributed by atoms with Gasteiger partial charge in [0.05, 0.1) is 0 Å². The maximum Gasteiger partial charge on any atom is 0.434 e. The second-order valence-corrected chi connectivity index (χ2v) is 6.43. The maximum atomic E-state index is 12.9. The van der Waals surface area contributed by atoms with E-state index < -0.39 is 31.9 Å². The molecule has 0 saturated carbocycles. The van der Waals surface area contributed by atoms with Crippen molar-refractivity contribution >= 4 is 21.6 Å². The van der Waals surface area contributed by atoms with Gasteiger partial charge in [0.25, 0.3) is 0 Å². The van der Waals surface area contributed by atoms with E-state index in [1.165, 1.54) is 0 Å². The molecule has 2 rings (SSSR count). The molecule has 1 saturated heterocycles. The number of nitrogens with zero attached hydrogens (tertiary/aromatic N) is 2. The van der Waals surface area contributed by atoms with Gasteiger partial charge in [-0.15, -0.1) is 0 Å². The van der Waals surface area contributed by atoms with Crippen molar-refractivity contribution in [3.05, 3.63) is 23.0 Å². The molecule has 112 valence electrons. The number of aromatic nitrogens is 1. The Balaban J connectivity index is 2.51. The lowest BCUT2D eigenvalue weighted by Gasteiger charge is -2.27. The SMILES string of the molecule is O=S(=O)(c1ccc(Cl)nc1C(F)(F)F)N1CCNCC1. The molecule has 1 N–H and O–H groups in total. The van der Waals surface area contributed by atoms with E-state index in [1.54, 1.807) is 0 Å². The molecule has 2 heterocycles. The molecule has 0 atom stereocenters. The fraction of sp³-hybridized carbons (Fsp3) is 0.500. The second-order valence-electron chi connectivity index (χ2n) is 4.13. The molecule has 0 spiro atoms. The first-order chi connectivity index (χ1) is 9.23. The number of alkyl halides is 3. The monoisotopic (exact) mass is 329 g/mol. The first kappa shape index (κ1) is 15.5. The van der Waals surface area contributed by atoms with E-state index in [1.807, 2.05) is 0 Å². The summed E-state index contributed by atoms with van der Waals surface area (Å²) in [5, 5.41) is 2.52.